The van der Waals surface area contributed by atoms with Gasteiger partial charge in [0, 0.05) is 18.7 Å². The van der Waals surface area contributed by atoms with Gasteiger partial charge in [0.2, 0.25) is 21.8 Å². The number of hydrogen-bond donors (Lipinski definition) is 1. The molecule has 2 rings (SSSR count). The second-order valence-electron chi connectivity index (χ2n) is 7.82. The average molecular weight is 462 g/mol. The van der Waals surface area contributed by atoms with Crippen molar-refractivity contribution in [3.63, 3.8) is 0 Å². The van der Waals surface area contributed by atoms with E-state index in [9.17, 15) is 18.0 Å². The van der Waals surface area contributed by atoms with E-state index in [1.807, 2.05) is 44.2 Å². The fraction of sp³-hybridized carbons (Fsp3) is 0.391. The predicted octanol–water partition coefficient (Wildman–Crippen LogP) is 2.40. The first-order chi connectivity index (χ1) is 15.0. The molecule has 0 aliphatic heterocycles. The Balaban J connectivity index is 2.37. The highest BCUT2D eigenvalue weighted by Gasteiger charge is 2.30. The first-order valence-corrected chi connectivity index (χ1v) is 12.1. The van der Waals surface area contributed by atoms with Gasteiger partial charge in [-0.1, -0.05) is 36.4 Å². The van der Waals surface area contributed by atoms with Crippen molar-refractivity contribution in [2.24, 2.45) is 0 Å². The average Bonchev–Trinajstić information content (AvgIpc) is 2.74. The van der Waals surface area contributed by atoms with Crippen molar-refractivity contribution in [1.29, 1.82) is 0 Å². The maximum Gasteiger partial charge on any atom is 0.244 e. The second kappa shape index (κ2) is 11.0. The zero-order valence-electron chi connectivity index (χ0n) is 19.1. The molecule has 174 valence electrons. The normalized spacial score (nSPS) is 12.2. The van der Waals surface area contributed by atoms with Crippen LogP contribution in [-0.4, -0.2) is 57.1 Å². The van der Waals surface area contributed by atoms with E-state index in [4.69, 9.17) is 4.74 Å². The summed E-state index contributed by atoms with van der Waals surface area (Å²) in [6.45, 7) is 5.03. The number of rotatable bonds is 10. The number of anilines is 1. The molecule has 2 aromatic rings. The third-order valence-corrected chi connectivity index (χ3v) is 5.96. The van der Waals surface area contributed by atoms with Crippen molar-refractivity contribution in [2.75, 3.05) is 24.2 Å². The summed E-state index contributed by atoms with van der Waals surface area (Å²) < 4.78 is 31.3. The molecule has 0 spiro atoms. The zero-order chi connectivity index (χ0) is 23.9. The molecule has 0 aromatic heterocycles. The van der Waals surface area contributed by atoms with Crippen molar-refractivity contribution in [3.8, 4) is 5.75 Å². The number of sulfonamides is 1. The van der Waals surface area contributed by atoms with Gasteiger partial charge in [-0.2, -0.15) is 0 Å². The molecule has 2 amide bonds. The molecular weight excluding hydrogens is 430 g/mol. The van der Waals surface area contributed by atoms with Gasteiger partial charge in [-0.3, -0.25) is 13.9 Å². The Morgan fingerprint density at radius 1 is 1.03 bits per heavy atom. The standard InChI is InChI=1S/C23H31N3O5S/c1-17(2)24-23(28)18(3)25(15-19-10-7-6-8-11-19)22(27)16-26(32(5,29)30)20-12-9-13-21(14-20)31-4/h6-14,17-18H,15-16H2,1-5H3,(H,24,28)/t18-/m0/s1. The molecule has 0 aliphatic rings. The Kier molecular flexibility index (Phi) is 8.65. The monoisotopic (exact) mass is 461 g/mol. The Bertz CT molecular complexity index is 1020. The smallest absolute Gasteiger partial charge is 0.244 e. The van der Waals surface area contributed by atoms with Crippen LogP contribution in [0.3, 0.4) is 0 Å². The number of amides is 2. The number of nitrogens with one attached hydrogen (secondary N) is 1. The van der Waals surface area contributed by atoms with Crippen LogP contribution in [0.2, 0.25) is 0 Å². The van der Waals surface area contributed by atoms with Crippen LogP contribution in [0.1, 0.15) is 26.3 Å². The van der Waals surface area contributed by atoms with Crippen LogP contribution in [-0.2, 0) is 26.2 Å². The van der Waals surface area contributed by atoms with Gasteiger partial charge in [-0.05, 0) is 38.5 Å². The molecule has 0 unspecified atom stereocenters. The van der Waals surface area contributed by atoms with E-state index in [0.29, 0.717) is 11.4 Å². The number of nitrogens with zero attached hydrogens (tertiary/aromatic N) is 2. The van der Waals surface area contributed by atoms with Gasteiger partial charge < -0.3 is 15.0 Å². The van der Waals surface area contributed by atoms with Crippen molar-refractivity contribution >= 4 is 27.5 Å². The SMILES string of the molecule is COc1cccc(N(CC(=O)N(Cc2ccccc2)[C@@H](C)C(=O)NC(C)C)S(C)(=O)=O)c1. The van der Waals surface area contributed by atoms with Gasteiger partial charge in [0.25, 0.3) is 0 Å². The molecule has 0 radical (unpaired) electrons. The summed E-state index contributed by atoms with van der Waals surface area (Å²) >= 11 is 0. The second-order valence-corrected chi connectivity index (χ2v) is 9.72. The number of ether oxygens (including phenoxy) is 1. The number of carbonyl (C=O) groups excluding carboxylic acids is 2. The summed E-state index contributed by atoms with van der Waals surface area (Å²) in [6, 6.07) is 14.8. The highest BCUT2D eigenvalue weighted by Crippen LogP contribution is 2.23. The molecule has 9 heteroatoms. The third-order valence-electron chi connectivity index (χ3n) is 4.81. The Morgan fingerprint density at radius 3 is 2.25 bits per heavy atom. The fourth-order valence-electron chi connectivity index (χ4n) is 3.15. The number of carbonyl (C=O) groups is 2. The first kappa shape index (κ1) is 25.2. The number of benzene rings is 2. The summed E-state index contributed by atoms with van der Waals surface area (Å²) in [6.07, 6.45) is 1.04. The van der Waals surface area contributed by atoms with Crippen molar-refractivity contribution in [3.05, 3.63) is 60.2 Å². The van der Waals surface area contributed by atoms with Crippen molar-refractivity contribution in [1.82, 2.24) is 10.2 Å². The molecule has 0 heterocycles. The molecule has 2 aromatic carbocycles. The maximum atomic E-state index is 13.4. The summed E-state index contributed by atoms with van der Waals surface area (Å²) in [5.74, 6) is -0.334. The van der Waals surface area contributed by atoms with E-state index in [0.717, 1.165) is 16.1 Å². The van der Waals surface area contributed by atoms with Crippen LogP contribution in [0.4, 0.5) is 5.69 Å². The van der Waals surface area contributed by atoms with Gasteiger partial charge in [0.05, 0.1) is 19.1 Å². The van der Waals surface area contributed by atoms with Crippen LogP contribution >= 0.6 is 0 Å². The van der Waals surface area contributed by atoms with E-state index >= 15 is 0 Å². The Hall–Kier alpha value is -3.07. The summed E-state index contributed by atoms with van der Waals surface area (Å²) in [7, 11) is -2.30. The lowest BCUT2D eigenvalue weighted by molar-refractivity contribution is -0.139. The van der Waals surface area contributed by atoms with E-state index in [-0.39, 0.29) is 18.5 Å². The van der Waals surface area contributed by atoms with Crippen LogP contribution in [0.5, 0.6) is 5.75 Å². The minimum Gasteiger partial charge on any atom is -0.497 e. The topological polar surface area (TPSA) is 96.0 Å². The Labute approximate surface area is 190 Å². The molecule has 32 heavy (non-hydrogen) atoms. The highest BCUT2D eigenvalue weighted by atomic mass is 32.2. The lowest BCUT2D eigenvalue weighted by atomic mass is 10.1. The van der Waals surface area contributed by atoms with Crippen LogP contribution in [0.15, 0.2) is 54.6 Å². The molecule has 0 bridgehead atoms. The largest absolute Gasteiger partial charge is 0.497 e. The van der Waals surface area contributed by atoms with Gasteiger partial charge in [0.1, 0.15) is 18.3 Å². The molecule has 1 N–H and O–H groups in total. The van der Waals surface area contributed by atoms with Gasteiger partial charge in [-0.25, -0.2) is 8.42 Å². The lowest BCUT2D eigenvalue weighted by Crippen LogP contribution is -2.52. The van der Waals surface area contributed by atoms with E-state index in [1.54, 1.807) is 31.2 Å². The van der Waals surface area contributed by atoms with Gasteiger partial charge in [0.15, 0.2) is 0 Å². The van der Waals surface area contributed by atoms with Crippen LogP contribution in [0, 0.1) is 0 Å². The minimum absolute atomic E-state index is 0.0945. The molecule has 8 nitrogen and oxygen atoms in total. The Morgan fingerprint density at radius 2 is 1.69 bits per heavy atom. The molecule has 0 saturated heterocycles. The summed E-state index contributed by atoms with van der Waals surface area (Å²) in [5.41, 5.74) is 1.14. The minimum atomic E-state index is -3.78. The summed E-state index contributed by atoms with van der Waals surface area (Å²) in [5, 5.41) is 2.81. The number of methoxy groups -OCH3 is 1. The molecular formula is C23H31N3O5S. The number of hydrogen-bond acceptors (Lipinski definition) is 5. The fourth-order valence-corrected chi connectivity index (χ4v) is 3.99. The van der Waals surface area contributed by atoms with Crippen LogP contribution in [0.25, 0.3) is 0 Å². The molecule has 0 fully saturated rings. The van der Waals surface area contributed by atoms with Gasteiger partial charge >= 0.3 is 0 Å². The predicted molar refractivity (Wildman–Crippen MR) is 125 cm³/mol. The first-order valence-electron chi connectivity index (χ1n) is 10.3. The molecule has 1 atom stereocenters. The van der Waals surface area contributed by atoms with Crippen molar-refractivity contribution < 1.29 is 22.7 Å². The van der Waals surface area contributed by atoms with E-state index in [2.05, 4.69) is 5.32 Å². The summed E-state index contributed by atoms with van der Waals surface area (Å²) in [4.78, 5) is 27.4. The zero-order valence-corrected chi connectivity index (χ0v) is 19.9. The maximum absolute atomic E-state index is 13.4. The van der Waals surface area contributed by atoms with E-state index in [1.165, 1.54) is 12.0 Å². The molecule has 0 saturated carbocycles. The third kappa shape index (κ3) is 6.98. The van der Waals surface area contributed by atoms with Crippen molar-refractivity contribution in [2.45, 2.75) is 39.4 Å². The lowest BCUT2D eigenvalue weighted by Gasteiger charge is -2.32. The highest BCUT2D eigenvalue weighted by molar-refractivity contribution is 7.92. The molecule has 0 aliphatic carbocycles. The van der Waals surface area contributed by atoms with E-state index < -0.39 is 28.5 Å². The quantitative estimate of drug-likeness (QED) is 0.586. The van der Waals surface area contributed by atoms with Crippen LogP contribution < -0.4 is 14.4 Å². The van der Waals surface area contributed by atoms with Gasteiger partial charge in [-0.15, -0.1) is 0 Å².